The van der Waals surface area contributed by atoms with Gasteiger partial charge in [0.05, 0.1) is 40.2 Å². The van der Waals surface area contributed by atoms with Gasteiger partial charge in [-0.15, -0.1) is 11.6 Å². The zero-order chi connectivity index (χ0) is 14.0. The lowest BCUT2D eigenvalue weighted by molar-refractivity contribution is -0.0371. The number of nitrogens with zero attached hydrogens (tertiary/aromatic N) is 1. The number of morpholine rings is 1. The molecule has 0 N–H and O–H groups in total. The van der Waals surface area contributed by atoms with Gasteiger partial charge in [0.25, 0.3) is 5.91 Å². The molecule has 0 saturated carbocycles. The minimum Gasteiger partial charge on any atom is -0.373 e. The van der Waals surface area contributed by atoms with Gasteiger partial charge >= 0.3 is 0 Å². The minimum absolute atomic E-state index is 0.0284. The lowest BCUT2D eigenvalue weighted by Crippen LogP contribution is -2.51. The molecule has 6 heteroatoms. The molecule has 2 atom stereocenters. The summed E-state index contributed by atoms with van der Waals surface area (Å²) in [6.07, 6.45) is -0.150. The zero-order valence-corrected chi connectivity index (χ0v) is 12.7. The van der Waals surface area contributed by atoms with Crippen LogP contribution in [0, 0.1) is 0 Å². The fraction of sp³-hybridized carbons (Fsp3) is 0.462. The Labute approximate surface area is 127 Å². The Kier molecular flexibility index (Phi) is 4.96. The van der Waals surface area contributed by atoms with Gasteiger partial charge in [0.15, 0.2) is 0 Å². The number of hydrogen-bond donors (Lipinski definition) is 0. The van der Waals surface area contributed by atoms with Crippen LogP contribution in [0.4, 0.5) is 0 Å². The van der Waals surface area contributed by atoms with E-state index in [0.29, 0.717) is 34.6 Å². The lowest BCUT2D eigenvalue weighted by Gasteiger charge is -2.37. The van der Waals surface area contributed by atoms with Gasteiger partial charge in [-0.3, -0.25) is 4.79 Å². The van der Waals surface area contributed by atoms with E-state index in [1.54, 1.807) is 23.1 Å². The highest BCUT2D eigenvalue weighted by Gasteiger charge is 2.31. The molecule has 0 aliphatic carbocycles. The van der Waals surface area contributed by atoms with Gasteiger partial charge in [-0.25, -0.2) is 0 Å². The maximum atomic E-state index is 12.6. The summed E-state index contributed by atoms with van der Waals surface area (Å²) in [5.74, 6) is 0.175. The molecule has 1 heterocycles. The Hall–Kier alpha value is -0.480. The van der Waals surface area contributed by atoms with Crippen LogP contribution in [0.2, 0.25) is 10.0 Å². The van der Waals surface area contributed by atoms with E-state index in [1.807, 2.05) is 6.92 Å². The maximum absolute atomic E-state index is 12.6. The van der Waals surface area contributed by atoms with Gasteiger partial charge < -0.3 is 9.64 Å². The molecule has 104 valence electrons. The fourth-order valence-electron chi connectivity index (χ4n) is 2.04. The van der Waals surface area contributed by atoms with Crippen molar-refractivity contribution in [1.29, 1.82) is 0 Å². The number of carbonyl (C=O) groups excluding carboxylic acids is 1. The van der Waals surface area contributed by atoms with Crippen molar-refractivity contribution in [2.24, 2.45) is 0 Å². The summed E-state index contributed by atoms with van der Waals surface area (Å²) >= 11 is 17.9. The average molecular weight is 323 g/mol. The summed E-state index contributed by atoms with van der Waals surface area (Å²) in [6.45, 7) is 2.84. The lowest BCUT2D eigenvalue weighted by atomic mass is 10.1. The third-order valence-electron chi connectivity index (χ3n) is 3.12. The summed E-state index contributed by atoms with van der Waals surface area (Å²) in [5.41, 5.74) is 0.341. The average Bonchev–Trinajstić information content (AvgIpc) is 2.39. The molecule has 3 nitrogen and oxygen atoms in total. The Morgan fingerprint density at radius 1 is 1.42 bits per heavy atom. The number of benzene rings is 1. The second-order valence-corrected chi connectivity index (χ2v) is 5.64. The first kappa shape index (κ1) is 14.9. The van der Waals surface area contributed by atoms with Crippen molar-refractivity contribution in [2.45, 2.75) is 19.1 Å². The zero-order valence-electron chi connectivity index (χ0n) is 10.4. The Morgan fingerprint density at radius 3 is 2.63 bits per heavy atom. The molecule has 0 spiro atoms. The summed E-state index contributed by atoms with van der Waals surface area (Å²) in [4.78, 5) is 14.3. The molecule has 2 unspecified atom stereocenters. The molecule has 1 amide bonds. The van der Waals surface area contributed by atoms with Crippen molar-refractivity contribution in [3.05, 3.63) is 33.8 Å². The number of hydrogen-bond acceptors (Lipinski definition) is 2. The van der Waals surface area contributed by atoms with E-state index in [0.717, 1.165) is 0 Å². The molecule has 1 saturated heterocycles. The summed E-state index contributed by atoms with van der Waals surface area (Å²) < 4.78 is 5.52. The van der Waals surface area contributed by atoms with Crippen LogP contribution in [0.15, 0.2) is 18.2 Å². The number of rotatable bonds is 2. The van der Waals surface area contributed by atoms with Gasteiger partial charge in [-0.1, -0.05) is 29.3 Å². The maximum Gasteiger partial charge on any atom is 0.257 e. The first-order chi connectivity index (χ1) is 9.04. The van der Waals surface area contributed by atoms with E-state index in [2.05, 4.69) is 0 Å². The summed E-state index contributed by atoms with van der Waals surface area (Å²) in [7, 11) is 0. The van der Waals surface area contributed by atoms with Crippen LogP contribution < -0.4 is 0 Å². The van der Waals surface area contributed by atoms with Gasteiger partial charge in [0.1, 0.15) is 0 Å². The van der Waals surface area contributed by atoms with E-state index < -0.39 is 0 Å². The van der Waals surface area contributed by atoms with Crippen LogP contribution in [-0.4, -0.2) is 42.0 Å². The van der Waals surface area contributed by atoms with E-state index >= 15 is 0 Å². The molecule has 1 aliphatic rings. The van der Waals surface area contributed by atoms with Crippen LogP contribution in [0.25, 0.3) is 0 Å². The SMILES string of the molecule is CC1COC(CCl)CN1C(=O)c1c(Cl)cccc1Cl. The molecule has 0 aromatic heterocycles. The van der Waals surface area contributed by atoms with Crippen LogP contribution in [0.1, 0.15) is 17.3 Å². The quantitative estimate of drug-likeness (QED) is 0.780. The molecular weight excluding hydrogens is 309 g/mol. The van der Waals surface area contributed by atoms with Crippen molar-refractivity contribution in [1.82, 2.24) is 4.90 Å². The van der Waals surface area contributed by atoms with Crippen molar-refractivity contribution < 1.29 is 9.53 Å². The molecule has 19 heavy (non-hydrogen) atoms. The smallest absolute Gasteiger partial charge is 0.257 e. The molecular formula is C13H14Cl3NO2. The van der Waals surface area contributed by atoms with Crippen molar-refractivity contribution in [2.75, 3.05) is 19.0 Å². The van der Waals surface area contributed by atoms with Crippen molar-refractivity contribution in [3.8, 4) is 0 Å². The van der Waals surface area contributed by atoms with Gasteiger partial charge in [-0.2, -0.15) is 0 Å². The Balaban J connectivity index is 2.27. The number of amides is 1. The fourth-order valence-corrected chi connectivity index (χ4v) is 2.79. The van der Waals surface area contributed by atoms with Gasteiger partial charge in [-0.05, 0) is 19.1 Å². The molecule has 2 rings (SSSR count). The Morgan fingerprint density at radius 2 is 2.05 bits per heavy atom. The van der Waals surface area contributed by atoms with Crippen LogP contribution in [0.3, 0.4) is 0 Å². The predicted molar refractivity (Wildman–Crippen MR) is 77.4 cm³/mol. The van der Waals surface area contributed by atoms with Gasteiger partial charge in [0, 0.05) is 6.54 Å². The largest absolute Gasteiger partial charge is 0.373 e. The minimum atomic E-state index is -0.179. The molecule has 1 fully saturated rings. The number of alkyl halides is 1. The standard InChI is InChI=1S/C13H14Cl3NO2/c1-8-7-19-9(5-14)6-17(8)13(18)12-10(15)3-2-4-11(12)16/h2-4,8-9H,5-7H2,1H3. The first-order valence-corrected chi connectivity index (χ1v) is 7.26. The third-order valence-corrected chi connectivity index (χ3v) is 4.09. The number of halogens is 3. The predicted octanol–water partition coefficient (Wildman–Crippen LogP) is 3.46. The highest BCUT2D eigenvalue weighted by Crippen LogP contribution is 2.27. The van der Waals surface area contributed by atoms with Crippen molar-refractivity contribution >= 4 is 40.7 Å². The highest BCUT2D eigenvalue weighted by molar-refractivity contribution is 6.39. The topological polar surface area (TPSA) is 29.5 Å². The van der Waals surface area contributed by atoms with E-state index in [-0.39, 0.29) is 18.1 Å². The molecule has 1 aliphatic heterocycles. The normalized spacial score (nSPS) is 23.5. The van der Waals surface area contributed by atoms with E-state index in [1.165, 1.54) is 0 Å². The molecule has 1 aromatic rings. The molecule has 1 aromatic carbocycles. The molecule has 0 radical (unpaired) electrons. The summed E-state index contributed by atoms with van der Waals surface area (Å²) in [5, 5.41) is 0.720. The third kappa shape index (κ3) is 3.16. The first-order valence-electron chi connectivity index (χ1n) is 5.97. The number of ether oxygens (including phenoxy) is 1. The second-order valence-electron chi connectivity index (χ2n) is 4.51. The van der Waals surface area contributed by atoms with Crippen molar-refractivity contribution in [3.63, 3.8) is 0 Å². The van der Waals surface area contributed by atoms with Crippen LogP contribution in [0.5, 0.6) is 0 Å². The van der Waals surface area contributed by atoms with E-state index in [4.69, 9.17) is 39.5 Å². The monoisotopic (exact) mass is 321 g/mol. The van der Waals surface area contributed by atoms with Crippen LogP contribution in [-0.2, 0) is 4.74 Å². The van der Waals surface area contributed by atoms with Crippen LogP contribution >= 0.6 is 34.8 Å². The second kappa shape index (κ2) is 6.31. The van der Waals surface area contributed by atoms with Gasteiger partial charge in [0.2, 0.25) is 0 Å². The van der Waals surface area contributed by atoms with E-state index in [9.17, 15) is 4.79 Å². The number of carbonyl (C=O) groups is 1. The highest BCUT2D eigenvalue weighted by atomic mass is 35.5. The molecule has 0 bridgehead atoms. The summed E-state index contributed by atoms with van der Waals surface area (Å²) in [6, 6.07) is 5.00. The Bertz CT molecular complexity index is 461.